The van der Waals surface area contributed by atoms with Crippen molar-refractivity contribution < 1.29 is 13.9 Å². The summed E-state index contributed by atoms with van der Waals surface area (Å²) >= 11 is 0. The molecule has 0 fully saturated rings. The van der Waals surface area contributed by atoms with Crippen molar-refractivity contribution in [3.63, 3.8) is 0 Å². The van der Waals surface area contributed by atoms with Crippen molar-refractivity contribution in [2.45, 2.75) is 27.3 Å². The Labute approximate surface area is 172 Å². The largest absolute Gasteiger partial charge is 0.497 e. The van der Waals surface area contributed by atoms with Gasteiger partial charge >= 0.3 is 0 Å². The smallest absolute Gasteiger partial charge is 0.191 e. The number of methoxy groups -OCH3 is 1. The fraction of sp³-hybridized carbons (Fsp3) is 0.421. The van der Waals surface area contributed by atoms with Gasteiger partial charge in [-0.1, -0.05) is 0 Å². The summed E-state index contributed by atoms with van der Waals surface area (Å²) in [5.41, 5.74) is 1.10. The lowest BCUT2D eigenvalue weighted by Crippen LogP contribution is -2.39. The maximum absolute atomic E-state index is 5.70. The van der Waals surface area contributed by atoms with Crippen LogP contribution in [0.3, 0.4) is 0 Å². The Balaban J connectivity index is 0.00000338. The van der Waals surface area contributed by atoms with Gasteiger partial charge in [-0.05, 0) is 51.1 Å². The number of guanidine groups is 1. The van der Waals surface area contributed by atoms with E-state index in [1.807, 2.05) is 51.1 Å². The average Bonchev–Trinajstić information content (AvgIpc) is 2.94. The van der Waals surface area contributed by atoms with Crippen LogP contribution in [0.4, 0.5) is 0 Å². The summed E-state index contributed by atoms with van der Waals surface area (Å²) in [6, 6.07) is 9.56. The summed E-state index contributed by atoms with van der Waals surface area (Å²) in [5, 5.41) is 6.50. The number of nitrogens with one attached hydrogen (secondary N) is 2. The molecule has 0 aliphatic rings. The second-order valence-electron chi connectivity index (χ2n) is 5.58. The van der Waals surface area contributed by atoms with Crippen LogP contribution in [0.15, 0.2) is 39.7 Å². The number of hydrogen-bond donors (Lipinski definition) is 2. The Bertz CT molecular complexity index is 684. The van der Waals surface area contributed by atoms with Gasteiger partial charge in [-0.15, -0.1) is 24.0 Å². The average molecular weight is 473 g/mol. The fourth-order valence-electron chi connectivity index (χ4n) is 2.36. The van der Waals surface area contributed by atoms with E-state index in [1.165, 1.54) is 0 Å². The summed E-state index contributed by atoms with van der Waals surface area (Å²) in [4.78, 5) is 4.59. The highest BCUT2D eigenvalue weighted by Crippen LogP contribution is 2.16. The summed E-state index contributed by atoms with van der Waals surface area (Å²) in [7, 11) is 1.65. The molecular weight excluding hydrogens is 445 g/mol. The molecule has 1 heterocycles. The Hall–Kier alpha value is -1.90. The maximum Gasteiger partial charge on any atom is 0.191 e. The molecule has 0 spiro atoms. The molecule has 1 aromatic heterocycles. The Morgan fingerprint density at radius 3 is 2.38 bits per heavy atom. The van der Waals surface area contributed by atoms with E-state index in [9.17, 15) is 0 Å². The molecule has 0 aliphatic heterocycles. The maximum atomic E-state index is 5.70. The number of aryl methyl sites for hydroxylation is 2. The molecule has 144 valence electrons. The SMILES string of the molecule is CCNC(=NCc1cc(C)oc1C)NCCOc1ccc(OC)cc1.I. The van der Waals surface area contributed by atoms with Crippen molar-refractivity contribution in [1.29, 1.82) is 0 Å². The van der Waals surface area contributed by atoms with Crippen LogP contribution in [0, 0.1) is 13.8 Å². The normalized spacial score (nSPS) is 10.8. The first kappa shape index (κ1) is 22.1. The van der Waals surface area contributed by atoms with Gasteiger partial charge in [0.2, 0.25) is 0 Å². The third-order valence-electron chi connectivity index (χ3n) is 3.62. The number of aliphatic imine (C=N–C) groups is 1. The summed E-state index contributed by atoms with van der Waals surface area (Å²) < 4.78 is 16.4. The van der Waals surface area contributed by atoms with Gasteiger partial charge in [0.25, 0.3) is 0 Å². The van der Waals surface area contributed by atoms with Gasteiger partial charge in [-0.3, -0.25) is 0 Å². The predicted molar refractivity (Wildman–Crippen MR) is 115 cm³/mol. The minimum Gasteiger partial charge on any atom is -0.497 e. The number of ether oxygens (including phenoxy) is 2. The molecule has 2 rings (SSSR count). The van der Waals surface area contributed by atoms with Crippen molar-refractivity contribution >= 4 is 29.9 Å². The Morgan fingerprint density at radius 2 is 1.81 bits per heavy atom. The zero-order chi connectivity index (χ0) is 18.1. The van der Waals surface area contributed by atoms with Crippen molar-refractivity contribution in [2.24, 2.45) is 4.99 Å². The molecule has 0 saturated heterocycles. The van der Waals surface area contributed by atoms with Crippen LogP contribution in [-0.4, -0.2) is 32.8 Å². The molecule has 0 radical (unpaired) electrons. The zero-order valence-electron chi connectivity index (χ0n) is 15.8. The van der Waals surface area contributed by atoms with Gasteiger partial charge < -0.3 is 24.5 Å². The number of rotatable bonds is 8. The second-order valence-corrected chi connectivity index (χ2v) is 5.58. The van der Waals surface area contributed by atoms with Gasteiger partial charge in [-0.25, -0.2) is 4.99 Å². The topological polar surface area (TPSA) is 68.0 Å². The molecule has 0 aliphatic carbocycles. The Kier molecular flexibility index (Phi) is 9.93. The third-order valence-corrected chi connectivity index (χ3v) is 3.62. The van der Waals surface area contributed by atoms with Gasteiger partial charge in [-0.2, -0.15) is 0 Å². The van der Waals surface area contributed by atoms with E-state index >= 15 is 0 Å². The van der Waals surface area contributed by atoms with Gasteiger partial charge in [0.05, 0.1) is 20.2 Å². The molecule has 0 bridgehead atoms. The number of halogens is 1. The molecule has 2 N–H and O–H groups in total. The summed E-state index contributed by atoms with van der Waals surface area (Å²) in [5.74, 6) is 4.22. The van der Waals surface area contributed by atoms with E-state index in [4.69, 9.17) is 13.9 Å². The minimum absolute atomic E-state index is 0. The van der Waals surface area contributed by atoms with Crippen LogP contribution in [0.5, 0.6) is 11.5 Å². The number of nitrogens with zero attached hydrogens (tertiary/aromatic N) is 1. The molecule has 6 nitrogen and oxygen atoms in total. The van der Waals surface area contributed by atoms with E-state index in [1.54, 1.807) is 7.11 Å². The van der Waals surface area contributed by atoms with Crippen molar-refractivity contribution in [3.05, 3.63) is 47.4 Å². The first-order valence-corrected chi connectivity index (χ1v) is 8.47. The molecular formula is C19H28IN3O3. The quantitative estimate of drug-likeness (QED) is 0.265. The standard InChI is InChI=1S/C19H27N3O3.HI/c1-5-20-19(22-13-16-12-14(2)25-15(16)3)21-10-11-24-18-8-6-17(23-4)7-9-18;/h6-9,12H,5,10-11,13H2,1-4H3,(H2,20,21,22);1H. The van der Waals surface area contributed by atoms with E-state index in [0.717, 1.165) is 41.1 Å². The highest BCUT2D eigenvalue weighted by atomic mass is 127. The van der Waals surface area contributed by atoms with Gasteiger partial charge in [0.1, 0.15) is 29.6 Å². The molecule has 1 aromatic carbocycles. The second kappa shape index (κ2) is 11.7. The van der Waals surface area contributed by atoms with Crippen molar-refractivity contribution in [1.82, 2.24) is 10.6 Å². The fourth-order valence-corrected chi connectivity index (χ4v) is 2.36. The summed E-state index contributed by atoms with van der Waals surface area (Å²) in [6.45, 7) is 8.52. The lowest BCUT2D eigenvalue weighted by Gasteiger charge is -2.12. The van der Waals surface area contributed by atoms with Gasteiger partial charge in [0, 0.05) is 12.1 Å². The van der Waals surface area contributed by atoms with E-state index in [-0.39, 0.29) is 24.0 Å². The van der Waals surface area contributed by atoms with Crippen molar-refractivity contribution in [2.75, 3.05) is 26.8 Å². The van der Waals surface area contributed by atoms with Crippen LogP contribution in [0.1, 0.15) is 24.0 Å². The molecule has 2 aromatic rings. The molecule has 7 heteroatoms. The lowest BCUT2D eigenvalue weighted by molar-refractivity contribution is 0.321. The predicted octanol–water partition coefficient (Wildman–Crippen LogP) is 3.66. The highest BCUT2D eigenvalue weighted by molar-refractivity contribution is 14.0. The molecule has 0 amide bonds. The molecule has 0 atom stereocenters. The van der Waals surface area contributed by atoms with E-state index < -0.39 is 0 Å². The first-order valence-electron chi connectivity index (χ1n) is 8.47. The van der Waals surface area contributed by atoms with E-state index in [2.05, 4.69) is 15.6 Å². The van der Waals surface area contributed by atoms with Crippen LogP contribution < -0.4 is 20.1 Å². The number of furan rings is 1. The minimum atomic E-state index is 0. The molecule has 26 heavy (non-hydrogen) atoms. The van der Waals surface area contributed by atoms with Gasteiger partial charge in [0.15, 0.2) is 5.96 Å². The summed E-state index contributed by atoms with van der Waals surface area (Å²) in [6.07, 6.45) is 0. The first-order chi connectivity index (χ1) is 12.1. The van der Waals surface area contributed by atoms with Crippen LogP contribution >= 0.6 is 24.0 Å². The number of hydrogen-bond acceptors (Lipinski definition) is 4. The van der Waals surface area contributed by atoms with Crippen molar-refractivity contribution in [3.8, 4) is 11.5 Å². The highest BCUT2D eigenvalue weighted by Gasteiger charge is 2.04. The third kappa shape index (κ3) is 7.15. The lowest BCUT2D eigenvalue weighted by atomic mass is 10.2. The number of benzene rings is 1. The monoisotopic (exact) mass is 473 g/mol. The van der Waals surface area contributed by atoms with Crippen LogP contribution in [0.25, 0.3) is 0 Å². The van der Waals surface area contributed by atoms with Crippen LogP contribution in [-0.2, 0) is 6.54 Å². The molecule has 0 unspecified atom stereocenters. The Morgan fingerprint density at radius 1 is 1.12 bits per heavy atom. The van der Waals surface area contributed by atoms with E-state index in [0.29, 0.717) is 19.7 Å². The zero-order valence-corrected chi connectivity index (χ0v) is 18.1. The van der Waals surface area contributed by atoms with Crippen LogP contribution in [0.2, 0.25) is 0 Å². The molecule has 0 saturated carbocycles.